The molecule has 0 aliphatic rings. The lowest BCUT2D eigenvalue weighted by molar-refractivity contribution is 0.0697. The number of rotatable bonds is 1. The molecular weight excluding hydrogens is 224 g/mol. The third-order valence-corrected chi connectivity index (χ3v) is 4.05. The number of benzene rings is 2. The second-order valence-electron chi connectivity index (χ2n) is 5.02. The molecule has 18 heavy (non-hydrogen) atoms. The van der Waals surface area contributed by atoms with Crippen molar-refractivity contribution in [2.45, 2.75) is 34.6 Å². The SMILES string of the molecule is Cc1c(C)c(C)c2c(C)cc(C(=O)O)cc2c1C. The van der Waals surface area contributed by atoms with Crippen LogP contribution in [0.3, 0.4) is 0 Å². The van der Waals surface area contributed by atoms with E-state index in [2.05, 4.69) is 27.7 Å². The summed E-state index contributed by atoms with van der Waals surface area (Å²) >= 11 is 0. The van der Waals surface area contributed by atoms with Gasteiger partial charge >= 0.3 is 5.97 Å². The minimum atomic E-state index is -0.865. The number of carboxylic acid groups (broad SMARTS) is 1. The number of carboxylic acids is 1. The molecule has 0 aromatic heterocycles. The molecule has 0 heterocycles. The molecule has 94 valence electrons. The van der Waals surface area contributed by atoms with E-state index in [1.165, 1.54) is 27.6 Å². The Kier molecular flexibility index (Phi) is 2.89. The molecule has 0 bridgehead atoms. The van der Waals surface area contributed by atoms with Crippen LogP contribution in [0.1, 0.15) is 38.2 Å². The van der Waals surface area contributed by atoms with Gasteiger partial charge < -0.3 is 5.11 Å². The van der Waals surface area contributed by atoms with Crippen LogP contribution < -0.4 is 0 Å². The Hall–Kier alpha value is -1.83. The average molecular weight is 242 g/mol. The Balaban J connectivity index is 3.02. The van der Waals surface area contributed by atoms with Gasteiger partial charge in [-0.2, -0.15) is 0 Å². The van der Waals surface area contributed by atoms with Gasteiger partial charge in [0.1, 0.15) is 0 Å². The van der Waals surface area contributed by atoms with E-state index >= 15 is 0 Å². The monoisotopic (exact) mass is 242 g/mol. The Morgan fingerprint density at radius 3 is 2.00 bits per heavy atom. The predicted molar refractivity (Wildman–Crippen MR) is 74.6 cm³/mol. The van der Waals surface area contributed by atoms with Gasteiger partial charge in [-0.25, -0.2) is 4.79 Å². The van der Waals surface area contributed by atoms with Gasteiger partial charge in [-0.05, 0) is 85.3 Å². The van der Waals surface area contributed by atoms with Crippen molar-refractivity contribution < 1.29 is 9.90 Å². The fraction of sp³-hybridized carbons (Fsp3) is 0.312. The molecule has 0 fully saturated rings. The van der Waals surface area contributed by atoms with Gasteiger partial charge in [0.2, 0.25) is 0 Å². The highest BCUT2D eigenvalue weighted by molar-refractivity contribution is 5.99. The average Bonchev–Trinajstić information content (AvgIpc) is 2.32. The number of carbonyl (C=O) groups is 1. The maximum atomic E-state index is 11.1. The number of aromatic carboxylic acids is 1. The lowest BCUT2D eigenvalue weighted by Crippen LogP contribution is -2.01. The second kappa shape index (κ2) is 4.13. The predicted octanol–water partition coefficient (Wildman–Crippen LogP) is 4.08. The molecule has 0 aliphatic carbocycles. The Morgan fingerprint density at radius 1 is 0.889 bits per heavy atom. The zero-order valence-corrected chi connectivity index (χ0v) is 11.5. The summed E-state index contributed by atoms with van der Waals surface area (Å²) in [5.74, 6) is -0.865. The van der Waals surface area contributed by atoms with E-state index in [4.69, 9.17) is 5.11 Å². The van der Waals surface area contributed by atoms with Gasteiger partial charge in [-0.15, -0.1) is 0 Å². The van der Waals surface area contributed by atoms with E-state index in [1.807, 2.05) is 6.92 Å². The Labute approximate surface area is 107 Å². The highest BCUT2D eigenvalue weighted by Crippen LogP contribution is 2.32. The van der Waals surface area contributed by atoms with Crippen molar-refractivity contribution in [1.82, 2.24) is 0 Å². The van der Waals surface area contributed by atoms with Gasteiger partial charge in [-0.1, -0.05) is 0 Å². The highest BCUT2D eigenvalue weighted by Gasteiger charge is 2.13. The Morgan fingerprint density at radius 2 is 1.44 bits per heavy atom. The molecule has 2 rings (SSSR count). The molecule has 2 aromatic rings. The molecule has 0 radical (unpaired) electrons. The summed E-state index contributed by atoms with van der Waals surface area (Å²) in [5.41, 5.74) is 6.38. The Bertz CT molecular complexity index is 667. The first-order valence-electron chi connectivity index (χ1n) is 6.08. The molecule has 0 atom stereocenters. The van der Waals surface area contributed by atoms with Crippen molar-refractivity contribution in [1.29, 1.82) is 0 Å². The van der Waals surface area contributed by atoms with Crippen LogP contribution in [0.2, 0.25) is 0 Å². The lowest BCUT2D eigenvalue weighted by atomic mass is 9.88. The van der Waals surface area contributed by atoms with Crippen molar-refractivity contribution in [3.63, 3.8) is 0 Å². The first kappa shape index (κ1) is 12.6. The molecule has 0 spiro atoms. The molecule has 2 nitrogen and oxygen atoms in total. The summed E-state index contributed by atoms with van der Waals surface area (Å²) in [4.78, 5) is 11.1. The van der Waals surface area contributed by atoms with E-state index in [0.717, 1.165) is 10.9 Å². The maximum absolute atomic E-state index is 11.1. The summed E-state index contributed by atoms with van der Waals surface area (Å²) in [6.07, 6.45) is 0. The van der Waals surface area contributed by atoms with Crippen LogP contribution in [0.15, 0.2) is 12.1 Å². The van der Waals surface area contributed by atoms with E-state index in [-0.39, 0.29) is 0 Å². The molecule has 1 N–H and O–H groups in total. The molecular formula is C16H18O2. The van der Waals surface area contributed by atoms with Crippen LogP contribution in [0.4, 0.5) is 0 Å². The molecule has 0 saturated heterocycles. The molecule has 0 saturated carbocycles. The fourth-order valence-corrected chi connectivity index (χ4v) is 2.66. The van der Waals surface area contributed by atoms with E-state index in [0.29, 0.717) is 5.56 Å². The van der Waals surface area contributed by atoms with Gasteiger partial charge in [-0.3, -0.25) is 0 Å². The third kappa shape index (κ3) is 1.69. The minimum Gasteiger partial charge on any atom is -0.478 e. The van der Waals surface area contributed by atoms with Gasteiger partial charge in [0, 0.05) is 0 Å². The van der Waals surface area contributed by atoms with E-state index in [1.54, 1.807) is 12.1 Å². The standard InChI is InChI=1S/C16H18O2/c1-8-6-13(16(17)18)7-14-11(4)9(2)10(3)12(5)15(8)14/h6-7H,1-5H3,(H,17,18). The molecule has 2 aromatic carbocycles. The van der Waals surface area contributed by atoms with Crippen LogP contribution in [-0.2, 0) is 0 Å². The first-order chi connectivity index (χ1) is 8.34. The summed E-state index contributed by atoms with van der Waals surface area (Å²) in [6.45, 7) is 10.4. The maximum Gasteiger partial charge on any atom is 0.335 e. The van der Waals surface area contributed by atoms with E-state index in [9.17, 15) is 4.79 Å². The van der Waals surface area contributed by atoms with Crippen LogP contribution in [0, 0.1) is 34.6 Å². The lowest BCUT2D eigenvalue weighted by Gasteiger charge is -2.16. The smallest absolute Gasteiger partial charge is 0.335 e. The van der Waals surface area contributed by atoms with Gasteiger partial charge in [0.15, 0.2) is 0 Å². The first-order valence-corrected chi connectivity index (χ1v) is 6.08. The zero-order valence-electron chi connectivity index (χ0n) is 11.5. The van der Waals surface area contributed by atoms with Gasteiger partial charge in [0.25, 0.3) is 0 Å². The third-order valence-electron chi connectivity index (χ3n) is 4.05. The zero-order chi connectivity index (χ0) is 13.6. The fourth-order valence-electron chi connectivity index (χ4n) is 2.66. The second-order valence-corrected chi connectivity index (χ2v) is 5.02. The number of hydrogen-bond acceptors (Lipinski definition) is 1. The summed E-state index contributed by atoms with van der Waals surface area (Å²) in [6, 6.07) is 3.55. The molecule has 2 heteroatoms. The van der Waals surface area contributed by atoms with Crippen LogP contribution in [0.5, 0.6) is 0 Å². The van der Waals surface area contributed by atoms with Crippen LogP contribution in [-0.4, -0.2) is 11.1 Å². The summed E-state index contributed by atoms with van der Waals surface area (Å²) in [5, 5.41) is 11.4. The summed E-state index contributed by atoms with van der Waals surface area (Å²) in [7, 11) is 0. The normalized spacial score (nSPS) is 10.9. The summed E-state index contributed by atoms with van der Waals surface area (Å²) < 4.78 is 0. The van der Waals surface area contributed by atoms with E-state index < -0.39 is 5.97 Å². The molecule has 0 amide bonds. The van der Waals surface area contributed by atoms with Crippen molar-refractivity contribution in [3.05, 3.63) is 45.5 Å². The highest BCUT2D eigenvalue weighted by atomic mass is 16.4. The van der Waals surface area contributed by atoms with Crippen molar-refractivity contribution >= 4 is 16.7 Å². The van der Waals surface area contributed by atoms with Crippen molar-refractivity contribution in [2.24, 2.45) is 0 Å². The number of fused-ring (bicyclic) bond motifs is 1. The molecule has 0 unspecified atom stereocenters. The van der Waals surface area contributed by atoms with Crippen molar-refractivity contribution in [2.75, 3.05) is 0 Å². The minimum absolute atomic E-state index is 0.366. The number of hydrogen-bond donors (Lipinski definition) is 1. The topological polar surface area (TPSA) is 37.3 Å². The molecule has 0 aliphatic heterocycles. The quantitative estimate of drug-likeness (QED) is 0.818. The van der Waals surface area contributed by atoms with Crippen molar-refractivity contribution in [3.8, 4) is 0 Å². The van der Waals surface area contributed by atoms with Gasteiger partial charge in [0.05, 0.1) is 5.56 Å². The van der Waals surface area contributed by atoms with Crippen LogP contribution >= 0.6 is 0 Å². The van der Waals surface area contributed by atoms with Crippen LogP contribution in [0.25, 0.3) is 10.8 Å². The largest absolute Gasteiger partial charge is 0.478 e. The number of aryl methyl sites for hydroxylation is 3.